The van der Waals surface area contributed by atoms with Gasteiger partial charge >= 0.3 is 6.18 Å². The summed E-state index contributed by atoms with van der Waals surface area (Å²) in [6, 6.07) is 5.99. The Bertz CT molecular complexity index is 714. The van der Waals surface area contributed by atoms with Crippen molar-refractivity contribution in [3.05, 3.63) is 29.8 Å². The number of guanidine groups is 1. The molecule has 0 bridgehead atoms. The van der Waals surface area contributed by atoms with Crippen LogP contribution in [0.3, 0.4) is 0 Å². The van der Waals surface area contributed by atoms with E-state index in [1.807, 2.05) is 29.2 Å². The molecule has 1 saturated heterocycles. The quantitative estimate of drug-likeness (QED) is 0.552. The number of ether oxygens (including phenoxy) is 1. The molecule has 0 radical (unpaired) electrons. The van der Waals surface area contributed by atoms with Gasteiger partial charge in [0, 0.05) is 40.3 Å². The van der Waals surface area contributed by atoms with Crippen LogP contribution in [0.25, 0.3) is 0 Å². The number of likely N-dealkylation sites (N-methyl/N-ethyl adjacent to an activating group) is 1. The summed E-state index contributed by atoms with van der Waals surface area (Å²) in [5, 5.41) is 3.06. The van der Waals surface area contributed by atoms with Crippen molar-refractivity contribution in [1.29, 1.82) is 0 Å². The van der Waals surface area contributed by atoms with E-state index >= 15 is 0 Å². The lowest BCUT2D eigenvalue weighted by Gasteiger charge is -2.39. The van der Waals surface area contributed by atoms with Gasteiger partial charge < -0.3 is 19.9 Å². The number of piperazine rings is 1. The fraction of sp³-hybridized carbons (Fsp3) is 0.600. The van der Waals surface area contributed by atoms with Crippen molar-refractivity contribution in [2.24, 2.45) is 4.99 Å². The molecule has 1 amide bonds. The van der Waals surface area contributed by atoms with Gasteiger partial charge in [0.1, 0.15) is 11.8 Å². The van der Waals surface area contributed by atoms with Crippen LogP contribution in [-0.4, -0.2) is 92.7 Å². The highest BCUT2D eigenvalue weighted by molar-refractivity contribution is 5.86. The highest BCUT2D eigenvalue weighted by Crippen LogP contribution is 2.25. The number of methoxy groups -OCH3 is 1. The Kier molecular flexibility index (Phi) is 8.33. The SMILES string of the molecule is COc1ccc(CN=C(NCC(=O)N(C)C)N2CCN(C(C)C(F)(F)F)CC2)cc1. The van der Waals surface area contributed by atoms with Crippen LogP contribution >= 0.6 is 0 Å². The third kappa shape index (κ3) is 6.79. The first-order valence-electron chi connectivity index (χ1n) is 9.79. The third-order valence-electron chi connectivity index (χ3n) is 5.10. The molecule has 2 rings (SSSR count). The van der Waals surface area contributed by atoms with Crippen LogP contribution < -0.4 is 10.1 Å². The predicted octanol–water partition coefficient (Wildman–Crippen LogP) is 1.80. The van der Waals surface area contributed by atoms with Gasteiger partial charge in [-0.05, 0) is 24.6 Å². The van der Waals surface area contributed by atoms with Crippen LogP contribution in [-0.2, 0) is 11.3 Å². The van der Waals surface area contributed by atoms with Crippen LogP contribution in [0.5, 0.6) is 5.75 Å². The number of halogens is 3. The lowest BCUT2D eigenvalue weighted by atomic mass is 10.2. The Balaban J connectivity index is 2.06. The summed E-state index contributed by atoms with van der Waals surface area (Å²) in [7, 11) is 4.92. The van der Waals surface area contributed by atoms with Crippen LogP contribution in [0.15, 0.2) is 29.3 Å². The first kappa shape index (κ1) is 23.8. The number of aliphatic imine (C=N–C) groups is 1. The van der Waals surface area contributed by atoms with Gasteiger partial charge in [-0.15, -0.1) is 0 Å². The number of alkyl halides is 3. The number of carbonyl (C=O) groups is 1. The predicted molar refractivity (Wildman–Crippen MR) is 109 cm³/mol. The fourth-order valence-corrected chi connectivity index (χ4v) is 3.01. The molecular weight excluding hydrogens is 399 g/mol. The van der Waals surface area contributed by atoms with E-state index < -0.39 is 12.2 Å². The molecule has 1 atom stereocenters. The van der Waals surface area contributed by atoms with Crippen molar-refractivity contribution < 1.29 is 22.7 Å². The average Bonchev–Trinajstić information content (AvgIpc) is 2.73. The second-order valence-corrected chi connectivity index (χ2v) is 7.37. The Morgan fingerprint density at radius 2 is 1.80 bits per heavy atom. The maximum Gasteiger partial charge on any atom is 0.403 e. The topological polar surface area (TPSA) is 60.4 Å². The van der Waals surface area contributed by atoms with Gasteiger partial charge in [0.2, 0.25) is 5.91 Å². The Morgan fingerprint density at radius 3 is 2.30 bits per heavy atom. The van der Waals surface area contributed by atoms with Gasteiger partial charge in [0.05, 0.1) is 20.2 Å². The van der Waals surface area contributed by atoms with Crippen LogP contribution in [0, 0.1) is 0 Å². The molecule has 1 fully saturated rings. The second-order valence-electron chi connectivity index (χ2n) is 7.37. The zero-order valence-corrected chi connectivity index (χ0v) is 17.9. The monoisotopic (exact) mass is 429 g/mol. The zero-order valence-electron chi connectivity index (χ0n) is 17.9. The first-order chi connectivity index (χ1) is 14.1. The first-order valence-corrected chi connectivity index (χ1v) is 9.79. The van der Waals surface area contributed by atoms with E-state index in [2.05, 4.69) is 10.3 Å². The molecule has 10 heteroatoms. The maximum atomic E-state index is 13.0. The molecule has 1 aromatic rings. The molecule has 1 aliphatic heterocycles. The molecule has 1 aromatic carbocycles. The number of carbonyl (C=O) groups excluding carboxylic acids is 1. The van der Waals surface area contributed by atoms with Gasteiger partial charge in [0.25, 0.3) is 0 Å². The summed E-state index contributed by atoms with van der Waals surface area (Å²) in [4.78, 5) is 21.4. The van der Waals surface area contributed by atoms with E-state index in [1.165, 1.54) is 16.7 Å². The number of nitrogens with one attached hydrogen (secondary N) is 1. The average molecular weight is 429 g/mol. The van der Waals surface area contributed by atoms with E-state index in [9.17, 15) is 18.0 Å². The Morgan fingerprint density at radius 1 is 1.20 bits per heavy atom. The zero-order chi connectivity index (χ0) is 22.3. The molecule has 1 N–H and O–H groups in total. The molecule has 1 unspecified atom stereocenters. The molecule has 0 aliphatic carbocycles. The Hall–Kier alpha value is -2.49. The number of rotatable bonds is 6. The minimum absolute atomic E-state index is 0.0631. The summed E-state index contributed by atoms with van der Waals surface area (Å²) in [5.41, 5.74) is 0.957. The highest BCUT2D eigenvalue weighted by atomic mass is 19.4. The van der Waals surface area contributed by atoms with Crippen LogP contribution in [0.1, 0.15) is 12.5 Å². The summed E-state index contributed by atoms with van der Waals surface area (Å²) in [6.07, 6.45) is -4.25. The number of nitrogens with zero attached hydrogens (tertiary/aromatic N) is 4. The van der Waals surface area contributed by atoms with Crippen molar-refractivity contribution in [3.8, 4) is 5.75 Å². The lowest BCUT2D eigenvalue weighted by Crippen LogP contribution is -2.57. The number of hydrogen-bond donors (Lipinski definition) is 1. The summed E-state index contributed by atoms with van der Waals surface area (Å²) in [5.74, 6) is 1.14. The minimum atomic E-state index is -4.25. The standard InChI is InChI=1S/C20H30F3N5O2/c1-15(20(21,22)23)27-9-11-28(12-10-27)19(25-14-18(29)26(2)3)24-13-16-5-7-17(30-4)8-6-16/h5-8,15H,9-14H2,1-4H3,(H,24,25). The van der Waals surface area contributed by atoms with Gasteiger partial charge in [-0.2, -0.15) is 13.2 Å². The molecule has 0 saturated carbocycles. The van der Waals surface area contributed by atoms with Gasteiger partial charge in [-0.25, -0.2) is 4.99 Å². The van der Waals surface area contributed by atoms with Crippen molar-refractivity contribution in [2.75, 3.05) is 53.9 Å². The molecular formula is C20H30F3N5O2. The van der Waals surface area contributed by atoms with Crippen LogP contribution in [0.2, 0.25) is 0 Å². The van der Waals surface area contributed by atoms with Gasteiger partial charge in [0.15, 0.2) is 5.96 Å². The van der Waals surface area contributed by atoms with E-state index in [0.717, 1.165) is 11.3 Å². The Labute approximate surface area is 175 Å². The van der Waals surface area contributed by atoms with Crippen molar-refractivity contribution in [3.63, 3.8) is 0 Å². The van der Waals surface area contributed by atoms with Crippen LogP contribution in [0.4, 0.5) is 13.2 Å². The van der Waals surface area contributed by atoms with Gasteiger partial charge in [-0.1, -0.05) is 12.1 Å². The van der Waals surface area contributed by atoms with Crippen molar-refractivity contribution in [1.82, 2.24) is 20.0 Å². The normalized spacial score (nSPS) is 16.9. The van der Waals surface area contributed by atoms with Crippen molar-refractivity contribution in [2.45, 2.75) is 25.7 Å². The van der Waals surface area contributed by atoms with Gasteiger partial charge in [-0.3, -0.25) is 9.69 Å². The smallest absolute Gasteiger partial charge is 0.403 e. The molecule has 30 heavy (non-hydrogen) atoms. The largest absolute Gasteiger partial charge is 0.497 e. The second kappa shape index (κ2) is 10.5. The van der Waals surface area contributed by atoms with E-state index in [1.54, 1.807) is 21.2 Å². The molecule has 1 aliphatic rings. The highest BCUT2D eigenvalue weighted by Gasteiger charge is 2.41. The number of hydrogen-bond acceptors (Lipinski definition) is 4. The van der Waals surface area contributed by atoms with E-state index in [0.29, 0.717) is 25.6 Å². The summed E-state index contributed by atoms with van der Waals surface area (Å²) in [6.45, 7) is 2.95. The maximum absolute atomic E-state index is 13.0. The number of benzene rings is 1. The van der Waals surface area contributed by atoms with E-state index in [4.69, 9.17) is 4.74 Å². The molecule has 1 heterocycles. The van der Waals surface area contributed by atoms with Crippen molar-refractivity contribution >= 4 is 11.9 Å². The lowest BCUT2D eigenvalue weighted by molar-refractivity contribution is -0.181. The third-order valence-corrected chi connectivity index (χ3v) is 5.10. The molecule has 0 aromatic heterocycles. The van der Waals surface area contributed by atoms with E-state index in [-0.39, 0.29) is 25.5 Å². The summed E-state index contributed by atoms with van der Waals surface area (Å²) >= 11 is 0. The molecule has 168 valence electrons. The molecule has 7 nitrogen and oxygen atoms in total. The fourth-order valence-electron chi connectivity index (χ4n) is 3.01. The summed E-state index contributed by atoms with van der Waals surface area (Å²) < 4.78 is 44.1. The number of amides is 1. The molecule has 0 spiro atoms. The minimum Gasteiger partial charge on any atom is -0.497 e.